The SMILES string of the molecule is C=CCN(C(=O)C(CC(N)=O)NC(=O)OC(C)(C)C)C(C(=O)NCC(=O)OC)c1ccc(C)c(C)c1. The molecule has 0 saturated heterocycles. The van der Waals surface area contributed by atoms with Crippen LogP contribution in [0.5, 0.6) is 0 Å². The Morgan fingerprint density at radius 3 is 2.28 bits per heavy atom. The lowest BCUT2D eigenvalue weighted by molar-refractivity contribution is -0.144. The summed E-state index contributed by atoms with van der Waals surface area (Å²) in [7, 11) is 1.18. The highest BCUT2D eigenvalue weighted by molar-refractivity contribution is 5.95. The molecule has 2 unspecified atom stereocenters. The summed E-state index contributed by atoms with van der Waals surface area (Å²) in [5.41, 5.74) is 6.76. The molecule has 0 aliphatic rings. The Balaban J connectivity index is 3.49. The second-order valence-electron chi connectivity index (χ2n) is 9.19. The Labute approximate surface area is 211 Å². The van der Waals surface area contributed by atoms with E-state index in [2.05, 4.69) is 21.9 Å². The average molecular weight is 505 g/mol. The molecule has 0 heterocycles. The van der Waals surface area contributed by atoms with E-state index in [1.165, 1.54) is 13.2 Å². The summed E-state index contributed by atoms with van der Waals surface area (Å²) in [4.78, 5) is 63.8. The topological polar surface area (TPSA) is 157 Å². The highest BCUT2D eigenvalue weighted by Crippen LogP contribution is 2.25. The van der Waals surface area contributed by atoms with Crippen LogP contribution in [0.3, 0.4) is 0 Å². The minimum absolute atomic E-state index is 0.118. The molecule has 1 rings (SSSR count). The van der Waals surface area contributed by atoms with Crippen LogP contribution in [-0.2, 0) is 28.7 Å². The maximum atomic E-state index is 13.7. The number of rotatable bonds is 11. The third-order valence-corrected chi connectivity index (χ3v) is 5.04. The van der Waals surface area contributed by atoms with Crippen molar-refractivity contribution in [1.82, 2.24) is 15.5 Å². The Bertz CT molecular complexity index is 1000. The van der Waals surface area contributed by atoms with Gasteiger partial charge in [-0.3, -0.25) is 19.2 Å². The van der Waals surface area contributed by atoms with Gasteiger partial charge in [-0.05, 0) is 51.3 Å². The Hall–Kier alpha value is -3.89. The van der Waals surface area contributed by atoms with E-state index in [0.29, 0.717) is 5.56 Å². The summed E-state index contributed by atoms with van der Waals surface area (Å²) < 4.78 is 9.79. The van der Waals surface area contributed by atoms with E-state index in [9.17, 15) is 24.0 Å². The van der Waals surface area contributed by atoms with Crippen molar-refractivity contribution < 1.29 is 33.4 Å². The van der Waals surface area contributed by atoms with Crippen molar-refractivity contribution in [1.29, 1.82) is 0 Å². The molecule has 1 aromatic rings. The first kappa shape index (κ1) is 30.1. The molecule has 0 aliphatic carbocycles. The number of nitrogens with one attached hydrogen (secondary N) is 2. The van der Waals surface area contributed by atoms with Gasteiger partial charge in [-0.1, -0.05) is 24.3 Å². The van der Waals surface area contributed by atoms with Gasteiger partial charge >= 0.3 is 12.1 Å². The lowest BCUT2D eigenvalue weighted by atomic mass is 9.98. The van der Waals surface area contributed by atoms with Gasteiger partial charge in [0, 0.05) is 6.54 Å². The van der Waals surface area contributed by atoms with Crippen molar-refractivity contribution in [3.8, 4) is 0 Å². The molecule has 11 nitrogen and oxygen atoms in total. The van der Waals surface area contributed by atoms with Crippen LogP contribution in [-0.4, -0.2) is 66.5 Å². The summed E-state index contributed by atoms with van der Waals surface area (Å²) in [6, 6.07) is 2.57. The molecule has 36 heavy (non-hydrogen) atoms. The van der Waals surface area contributed by atoms with Crippen molar-refractivity contribution in [2.24, 2.45) is 5.73 Å². The molecule has 4 amide bonds. The van der Waals surface area contributed by atoms with Crippen molar-refractivity contribution >= 4 is 29.8 Å². The first-order chi connectivity index (χ1) is 16.7. The van der Waals surface area contributed by atoms with E-state index in [-0.39, 0.29) is 6.54 Å². The van der Waals surface area contributed by atoms with E-state index in [4.69, 9.17) is 10.5 Å². The predicted molar refractivity (Wildman–Crippen MR) is 133 cm³/mol. The molecule has 0 aliphatic heterocycles. The Morgan fingerprint density at radius 2 is 1.78 bits per heavy atom. The zero-order valence-corrected chi connectivity index (χ0v) is 21.7. The summed E-state index contributed by atoms with van der Waals surface area (Å²) in [6.45, 7) is 11.8. The molecule has 11 heteroatoms. The van der Waals surface area contributed by atoms with Gasteiger partial charge in [0.1, 0.15) is 24.2 Å². The summed E-state index contributed by atoms with van der Waals surface area (Å²) in [5, 5.41) is 4.84. The minimum atomic E-state index is -1.42. The third-order valence-electron chi connectivity index (χ3n) is 5.04. The van der Waals surface area contributed by atoms with Crippen LogP contribution in [0.1, 0.15) is 49.9 Å². The fourth-order valence-corrected chi connectivity index (χ4v) is 3.25. The fraction of sp³-hybridized carbons (Fsp3) is 0.480. The van der Waals surface area contributed by atoms with E-state index in [1.807, 2.05) is 13.8 Å². The summed E-state index contributed by atoms with van der Waals surface area (Å²) >= 11 is 0. The van der Waals surface area contributed by atoms with Crippen molar-refractivity contribution in [3.05, 3.63) is 47.5 Å². The number of amides is 4. The van der Waals surface area contributed by atoms with Gasteiger partial charge in [0.05, 0.1) is 13.5 Å². The first-order valence-electron chi connectivity index (χ1n) is 11.3. The van der Waals surface area contributed by atoms with Crippen LogP contribution in [0.4, 0.5) is 4.79 Å². The fourth-order valence-electron chi connectivity index (χ4n) is 3.25. The lowest BCUT2D eigenvalue weighted by Gasteiger charge is -2.33. The largest absolute Gasteiger partial charge is 0.468 e. The van der Waals surface area contributed by atoms with Gasteiger partial charge in [0.15, 0.2) is 0 Å². The number of benzene rings is 1. The molecule has 0 aromatic heterocycles. The quantitative estimate of drug-likeness (QED) is 0.304. The molecule has 198 valence electrons. The number of methoxy groups -OCH3 is 1. The molecule has 4 N–H and O–H groups in total. The number of hydrogen-bond donors (Lipinski definition) is 3. The van der Waals surface area contributed by atoms with Gasteiger partial charge < -0.3 is 30.7 Å². The Morgan fingerprint density at radius 1 is 1.14 bits per heavy atom. The van der Waals surface area contributed by atoms with Crippen LogP contribution < -0.4 is 16.4 Å². The maximum absolute atomic E-state index is 13.7. The number of primary amides is 1. The molecule has 0 radical (unpaired) electrons. The number of alkyl carbamates (subject to hydrolysis) is 1. The number of nitrogens with two attached hydrogens (primary N) is 1. The molecule has 1 aromatic carbocycles. The minimum Gasteiger partial charge on any atom is -0.468 e. The molecule has 0 fully saturated rings. The maximum Gasteiger partial charge on any atom is 0.408 e. The zero-order chi connectivity index (χ0) is 27.6. The Kier molecular flexibility index (Phi) is 11.1. The molecule has 0 spiro atoms. The number of carbonyl (C=O) groups is 5. The molecule has 0 bridgehead atoms. The molecular weight excluding hydrogens is 468 g/mol. The summed E-state index contributed by atoms with van der Waals surface area (Å²) in [5.74, 6) is -2.97. The lowest BCUT2D eigenvalue weighted by Crippen LogP contribution is -2.54. The molecule has 0 saturated carbocycles. The van der Waals surface area contributed by atoms with Crippen LogP contribution in [0.15, 0.2) is 30.9 Å². The van der Waals surface area contributed by atoms with Crippen LogP contribution in [0.2, 0.25) is 0 Å². The van der Waals surface area contributed by atoms with Gasteiger partial charge in [-0.15, -0.1) is 6.58 Å². The van der Waals surface area contributed by atoms with Crippen molar-refractivity contribution in [3.63, 3.8) is 0 Å². The van der Waals surface area contributed by atoms with E-state index in [1.54, 1.807) is 39.0 Å². The van der Waals surface area contributed by atoms with Gasteiger partial charge in [0.2, 0.25) is 17.7 Å². The average Bonchev–Trinajstić information content (AvgIpc) is 2.76. The zero-order valence-electron chi connectivity index (χ0n) is 21.7. The first-order valence-corrected chi connectivity index (χ1v) is 11.3. The van der Waals surface area contributed by atoms with Crippen LogP contribution >= 0.6 is 0 Å². The van der Waals surface area contributed by atoms with E-state index >= 15 is 0 Å². The van der Waals surface area contributed by atoms with E-state index < -0.39 is 60.4 Å². The van der Waals surface area contributed by atoms with Gasteiger partial charge in [0.25, 0.3) is 0 Å². The molecule has 2 atom stereocenters. The third kappa shape index (κ3) is 9.40. The second-order valence-corrected chi connectivity index (χ2v) is 9.19. The monoisotopic (exact) mass is 504 g/mol. The summed E-state index contributed by atoms with van der Waals surface area (Å²) in [6.07, 6.45) is -0.0674. The smallest absolute Gasteiger partial charge is 0.408 e. The standard InChI is InChI=1S/C25H36N4O7/c1-8-11-29(23(33)18(13-19(26)30)28-24(34)36-25(4,5)6)21(22(32)27-14-20(31)35-7)17-10-9-15(2)16(3)12-17/h8-10,12,18,21H,1,11,13-14H2,2-7H3,(H2,26,30)(H,27,32)(H,28,34). The van der Waals surface area contributed by atoms with Gasteiger partial charge in [-0.25, -0.2) is 4.79 Å². The van der Waals surface area contributed by atoms with Crippen LogP contribution in [0.25, 0.3) is 0 Å². The number of aryl methyl sites for hydroxylation is 2. The second kappa shape index (κ2) is 13.3. The number of hydrogen-bond acceptors (Lipinski definition) is 7. The highest BCUT2D eigenvalue weighted by Gasteiger charge is 2.36. The van der Waals surface area contributed by atoms with Crippen molar-refractivity contribution in [2.75, 3.05) is 20.2 Å². The normalized spacial score (nSPS) is 12.5. The molecular formula is C25H36N4O7. The predicted octanol–water partition coefficient (Wildman–Crippen LogP) is 1.42. The highest BCUT2D eigenvalue weighted by atomic mass is 16.6. The number of carbonyl (C=O) groups excluding carboxylic acids is 5. The van der Waals surface area contributed by atoms with Gasteiger partial charge in [-0.2, -0.15) is 0 Å². The van der Waals surface area contributed by atoms with Crippen molar-refractivity contribution in [2.45, 2.75) is 58.7 Å². The number of ether oxygens (including phenoxy) is 2. The number of nitrogens with zero attached hydrogens (tertiary/aromatic N) is 1. The number of esters is 1. The van der Waals surface area contributed by atoms with Crippen LogP contribution in [0, 0.1) is 13.8 Å². The van der Waals surface area contributed by atoms with E-state index in [0.717, 1.165) is 16.0 Å².